The smallest absolute Gasteiger partial charge is 0.221 e. The Morgan fingerprint density at radius 3 is 2.61 bits per heavy atom. The number of allylic oxidation sites excluding steroid dienone is 1. The lowest BCUT2D eigenvalue weighted by molar-refractivity contribution is -0.959. The van der Waals surface area contributed by atoms with E-state index in [0.29, 0.717) is 6.17 Å². The van der Waals surface area contributed by atoms with E-state index in [2.05, 4.69) is 32.0 Å². The van der Waals surface area contributed by atoms with Crippen molar-refractivity contribution in [3.8, 4) is 0 Å². The first-order valence-electron chi connectivity index (χ1n) is 9.33. The van der Waals surface area contributed by atoms with E-state index in [4.69, 9.17) is 4.99 Å². The van der Waals surface area contributed by atoms with Crippen LogP contribution in [0.5, 0.6) is 0 Å². The van der Waals surface area contributed by atoms with Crippen molar-refractivity contribution in [2.24, 2.45) is 4.99 Å². The molecule has 1 aliphatic rings. The summed E-state index contributed by atoms with van der Waals surface area (Å²) in [5.41, 5.74) is 0. The van der Waals surface area contributed by atoms with Crippen LogP contribution in [0.2, 0.25) is 0 Å². The maximum atomic E-state index is 11.4. The van der Waals surface area contributed by atoms with Crippen molar-refractivity contribution in [3.05, 3.63) is 12.7 Å². The second kappa shape index (κ2) is 10.6. The highest BCUT2D eigenvalue weighted by Gasteiger charge is 2.42. The highest BCUT2D eigenvalue weighted by molar-refractivity contribution is 5.73. The third-order valence-electron chi connectivity index (χ3n) is 5.19. The van der Waals surface area contributed by atoms with Gasteiger partial charge in [0.2, 0.25) is 5.91 Å². The predicted octanol–water partition coefficient (Wildman–Crippen LogP) is 4.02. The molecule has 0 spiro atoms. The van der Waals surface area contributed by atoms with Gasteiger partial charge in [0.15, 0.2) is 12.3 Å². The Kier molecular flexibility index (Phi) is 9.15. The van der Waals surface area contributed by atoms with Crippen molar-refractivity contribution in [3.63, 3.8) is 0 Å². The molecule has 1 aliphatic heterocycles. The lowest BCUT2D eigenvalue weighted by Crippen LogP contribution is -2.63. The molecular formula is C19H36N3O+. The van der Waals surface area contributed by atoms with Gasteiger partial charge in [-0.15, -0.1) is 6.58 Å². The molecule has 0 bridgehead atoms. The van der Waals surface area contributed by atoms with Gasteiger partial charge in [0.05, 0.1) is 12.8 Å². The van der Waals surface area contributed by atoms with Gasteiger partial charge in [-0.05, 0) is 26.2 Å². The van der Waals surface area contributed by atoms with Gasteiger partial charge in [0, 0.05) is 20.3 Å². The van der Waals surface area contributed by atoms with Gasteiger partial charge in [0.1, 0.15) is 6.54 Å². The Morgan fingerprint density at radius 2 is 2.00 bits per heavy atom. The number of nitrogens with one attached hydrogen (secondary N) is 1. The van der Waals surface area contributed by atoms with E-state index in [9.17, 15) is 4.79 Å². The molecule has 0 aromatic heterocycles. The van der Waals surface area contributed by atoms with Gasteiger partial charge >= 0.3 is 0 Å². The molecule has 1 N–H and O–H groups in total. The average molecular weight is 323 g/mol. The minimum Gasteiger partial charge on any atom is -0.307 e. The molecule has 4 heteroatoms. The molecule has 0 aromatic rings. The number of unbranched alkanes of at least 4 members (excludes halogenated alkanes) is 6. The molecule has 0 aromatic carbocycles. The molecular weight excluding hydrogens is 286 g/mol. The van der Waals surface area contributed by atoms with Crippen LogP contribution >= 0.6 is 0 Å². The van der Waals surface area contributed by atoms with Crippen LogP contribution in [0.1, 0.15) is 72.1 Å². The molecule has 0 saturated carbocycles. The second-order valence-corrected chi connectivity index (χ2v) is 6.78. The zero-order chi connectivity index (χ0) is 17.1. The van der Waals surface area contributed by atoms with E-state index in [1.165, 1.54) is 38.5 Å². The minimum absolute atomic E-state index is 0.0497. The zero-order valence-electron chi connectivity index (χ0n) is 15.4. The van der Waals surface area contributed by atoms with Gasteiger partial charge < -0.3 is 5.32 Å². The number of carbonyl (C=O) groups is 1. The summed E-state index contributed by atoms with van der Waals surface area (Å²) in [6.07, 6.45) is 14.6. The molecule has 0 saturated heterocycles. The molecule has 0 radical (unpaired) electrons. The fourth-order valence-corrected chi connectivity index (χ4v) is 3.68. The first-order valence-corrected chi connectivity index (χ1v) is 9.33. The average Bonchev–Trinajstić information content (AvgIpc) is 2.93. The molecule has 1 rings (SSSR count). The first kappa shape index (κ1) is 19.9. The maximum absolute atomic E-state index is 11.4. The SMILES string of the molecule is C=CCCCCCCCCC1N=CC[N+]1(CC)C(C)NC(C)=O. The van der Waals surface area contributed by atoms with E-state index in [0.717, 1.165) is 30.4 Å². The van der Waals surface area contributed by atoms with E-state index in [-0.39, 0.29) is 12.1 Å². The zero-order valence-corrected chi connectivity index (χ0v) is 15.4. The summed E-state index contributed by atoms with van der Waals surface area (Å²) in [5.74, 6) is 0.0497. The molecule has 1 heterocycles. The Morgan fingerprint density at radius 1 is 1.35 bits per heavy atom. The lowest BCUT2D eigenvalue weighted by Gasteiger charge is -2.42. The Bertz CT molecular complexity index is 394. The van der Waals surface area contributed by atoms with Crippen molar-refractivity contribution >= 4 is 12.1 Å². The highest BCUT2D eigenvalue weighted by Crippen LogP contribution is 2.27. The van der Waals surface area contributed by atoms with E-state index in [1.54, 1.807) is 6.92 Å². The van der Waals surface area contributed by atoms with Gasteiger partial charge in [0.25, 0.3) is 0 Å². The van der Waals surface area contributed by atoms with Crippen LogP contribution in [0.4, 0.5) is 0 Å². The molecule has 1 amide bonds. The molecule has 0 aliphatic carbocycles. The number of nitrogens with zero attached hydrogens (tertiary/aromatic N) is 2. The van der Waals surface area contributed by atoms with Crippen LogP contribution in [-0.2, 0) is 4.79 Å². The molecule has 3 atom stereocenters. The predicted molar refractivity (Wildman–Crippen MR) is 98.4 cm³/mol. The first-order chi connectivity index (χ1) is 11.1. The molecule has 3 unspecified atom stereocenters. The third kappa shape index (κ3) is 6.09. The fourth-order valence-electron chi connectivity index (χ4n) is 3.68. The van der Waals surface area contributed by atoms with E-state index in [1.807, 2.05) is 6.08 Å². The summed E-state index contributed by atoms with van der Waals surface area (Å²) in [6.45, 7) is 11.6. The molecule has 23 heavy (non-hydrogen) atoms. The molecule has 4 nitrogen and oxygen atoms in total. The number of quaternary nitrogens is 1. The largest absolute Gasteiger partial charge is 0.307 e. The van der Waals surface area contributed by atoms with Gasteiger partial charge in [-0.25, -0.2) is 4.99 Å². The highest BCUT2D eigenvalue weighted by atomic mass is 16.1. The van der Waals surface area contributed by atoms with Gasteiger partial charge in [-0.2, -0.15) is 0 Å². The van der Waals surface area contributed by atoms with E-state index >= 15 is 0 Å². The normalized spacial score (nSPS) is 24.6. The standard InChI is InChI=1S/C19H35N3O/c1-5-7-8-9-10-11-12-13-14-19-20-15-16-22(19,6-2)17(3)21-18(4)23/h5,15,17,19H,1,6-14,16H2,2-4H3/p+1. The van der Waals surface area contributed by atoms with Crippen molar-refractivity contribution < 1.29 is 9.28 Å². The number of hydrogen-bond donors (Lipinski definition) is 1. The summed E-state index contributed by atoms with van der Waals surface area (Å²) in [6, 6.07) is 0. The van der Waals surface area contributed by atoms with Crippen molar-refractivity contribution in [2.45, 2.75) is 84.5 Å². The summed E-state index contributed by atoms with van der Waals surface area (Å²) < 4.78 is 0.874. The number of aliphatic imine (C=N–C) groups is 1. The van der Waals surface area contributed by atoms with E-state index < -0.39 is 0 Å². The lowest BCUT2D eigenvalue weighted by atomic mass is 10.1. The quantitative estimate of drug-likeness (QED) is 0.329. The summed E-state index contributed by atoms with van der Waals surface area (Å²) in [4.78, 5) is 16.1. The fraction of sp³-hybridized carbons (Fsp3) is 0.789. The third-order valence-corrected chi connectivity index (χ3v) is 5.19. The van der Waals surface area contributed by atoms with Crippen LogP contribution in [0.25, 0.3) is 0 Å². The van der Waals surface area contributed by atoms with Crippen molar-refractivity contribution in [1.82, 2.24) is 5.32 Å². The van der Waals surface area contributed by atoms with Crippen molar-refractivity contribution in [1.29, 1.82) is 0 Å². The summed E-state index contributed by atoms with van der Waals surface area (Å²) in [5, 5.41) is 3.08. The van der Waals surface area contributed by atoms with Crippen molar-refractivity contribution in [2.75, 3.05) is 13.1 Å². The second-order valence-electron chi connectivity index (χ2n) is 6.78. The number of rotatable bonds is 12. The maximum Gasteiger partial charge on any atom is 0.221 e. The number of hydrogen-bond acceptors (Lipinski definition) is 2. The number of carbonyl (C=O) groups excluding carboxylic acids is 1. The number of amides is 1. The van der Waals surface area contributed by atoms with Crippen LogP contribution in [0, 0.1) is 0 Å². The van der Waals surface area contributed by atoms with Crippen LogP contribution in [-0.4, -0.2) is 42.0 Å². The van der Waals surface area contributed by atoms with Gasteiger partial charge in [-0.3, -0.25) is 9.28 Å². The minimum atomic E-state index is 0.0497. The van der Waals surface area contributed by atoms with Gasteiger partial charge in [-0.1, -0.05) is 31.8 Å². The van der Waals surface area contributed by atoms with Crippen LogP contribution in [0.3, 0.4) is 0 Å². The monoisotopic (exact) mass is 322 g/mol. The summed E-state index contributed by atoms with van der Waals surface area (Å²) in [7, 11) is 0. The Labute approximate surface area is 142 Å². The Hall–Kier alpha value is -1.16. The molecule has 132 valence electrons. The Balaban J connectivity index is 2.34. The summed E-state index contributed by atoms with van der Waals surface area (Å²) >= 11 is 0. The van der Waals surface area contributed by atoms with Crippen LogP contribution < -0.4 is 5.32 Å². The molecule has 0 fully saturated rings. The van der Waals surface area contributed by atoms with Crippen LogP contribution in [0.15, 0.2) is 17.6 Å². The topological polar surface area (TPSA) is 41.5 Å².